The van der Waals surface area contributed by atoms with Gasteiger partial charge in [-0.15, -0.1) is 0 Å². The maximum Gasteiger partial charge on any atom is 0.246 e. The quantitative estimate of drug-likeness (QED) is 0.752. The topological polar surface area (TPSA) is 79.5 Å². The number of benzene rings is 2. The minimum Gasteiger partial charge on any atom is -0.495 e. The van der Waals surface area contributed by atoms with Gasteiger partial charge in [0.2, 0.25) is 11.8 Å². The Morgan fingerprint density at radius 1 is 1.00 bits per heavy atom. The van der Waals surface area contributed by atoms with Crippen LogP contribution in [0.25, 0.3) is 0 Å². The highest BCUT2D eigenvalue weighted by atomic mass is 16.5. The number of hydrogen-bond acceptors (Lipinski definition) is 4. The van der Waals surface area contributed by atoms with Crippen molar-refractivity contribution in [2.24, 2.45) is 0 Å². The third-order valence-corrected chi connectivity index (χ3v) is 3.60. The molecule has 0 heterocycles. The summed E-state index contributed by atoms with van der Waals surface area (Å²) in [4.78, 5) is 23.6. The molecule has 0 aliphatic heterocycles. The average Bonchev–Trinajstić information content (AvgIpc) is 2.56. The Labute approximate surface area is 147 Å². The second-order valence-electron chi connectivity index (χ2n) is 5.82. The lowest BCUT2D eigenvalue weighted by atomic mass is 10.2. The van der Waals surface area contributed by atoms with Gasteiger partial charge in [-0.05, 0) is 44.2 Å². The predicted molar refractivity (Wildman–Crippen MR) is 100 cm³/mol. The summed E-state index contributed by atoms with van der Waals surface area (Å²) in [7, 11) is 1.55. The van der Waals surface area contributed by atoms with Gasteiger partial charge in [0.25, 0.3) is 0 Å². The standard InChI is InChI=1S/C19H23N3O3/c1-12-5-7-15(8-6-12)22-19(24)13(2)20-17-11-16(21-14(3)23)9-10-18(17)25-4/h5-11,13,20H,1-4H3,(H,21,23)(H,22,24)/t13-/m0/s1. The van der Waals surface area contributed by atoms with Crippen molar-refractivity contribution in [2.75, 3.05) is 23.1 Å². The van der Waals surface area contributed by atoms with Crippen molar-refractivity contribution in [3.63, 3.8) is 0 Å². The third-order valence-electron chi connectivity index (χ3n) is 3.60. The van der Waals surface area contributed by atoms with Crippen molar-refractivity contribution in [3.8, 4) is 5.75 Å². The summed E-state index contributed by atoms with van der Waals surface area (Å²) < 4.78 is 5.31. The van der Waals surface area contributed by atoms with Crippen LogP contribution >= 0.6 is 0 Å². The lowest BCUT2D eigenvalue weighted by Crippen LogP contribution is -2.32. The molecule has 1 atom stereocenters. The Morgan fingerprint density at radius 2 is 1.64 bits per heavy atom. The van der Waals surface area contributed by atoms with Gasteiger partial charge in [-0.3, -0.25) is 9.59 Å². The summed E-state index contributed by atoms with van der Waals surface area (Å²) in [5.74, 6) is 0.251. The maximum atomic E-state index is 12.4. The minimum absolute atomic E-state index is 0.165. The van der Waals surface area contributed by atoms with Gasteiger partial charge >= 0.3 is 0 Å². The van der Waals surface area contributed by atoms with E-state index in [9.17, 15) is 9.59 Å². The molecule has 0 radical (unpaired) electrons. The number of carbonyl (C=O) groups excluding carboxylic acids is 2. The zero-order valence-electron chi connectivity index (χ0n) is 14.8. The van der Waals surface area contributed by atoms with Crippen LogP contribution in [0.4, 0.5) is 17.1 Å². The first kappa shape index (κ1) is 18.3. The van der Waals surface area contributed by atoms with E-state index >= 15 is 0 Å². The van der Waals surface area contributed by atoms with E-state index in [1.807, 2.05) is 31.2 Å². The Morgan fingerprint density at radius 3 is 2.24 bits per heavy atom. The summed E-state index contributed by atoms with van der Waals surface area (Å²) in [6, 6.07) is 12.3. The SMILES string of the molecule is COc1ccc(NC(C)=O)cc1N[C@@H](C)C(=O)Nc1ccc(C)cc1. The molecule has 0 spiro atoms. The van der Waals surface area contributed by atoms with Crippen molar-refractivity contribution < 1.29 is 14.3 Å². The molecule has 2 aromatic rings. The Hall–Kier alpha value is -3.02. The smallest absolute Gasteiger partial charge is 0.246 e. The maximum absolute atomic E-state index is 12.4. The lowest BCUT2D eigenvalue weighted by Gasteiger charge is -2.18. The van der Waals surface area contributed by atoms with Gasteiger partial charge in [0.15, 0.2) is 0 Å². The number of rotatable bonds is 6. The van der Waals surface area contributed by atoms with Crippen LogP contribution in [-0.2, 0) is 9.59 Å². The van der Waals surface area contributed by atoms with Gasteiger partial charge in [-0.2, -0.15) is 0 Å². The highest BCUT2D eigenvalue weighted by Crippen LogP contribution is 2.28. The number of anilines is 3. The fourth-order valence-corrected chi connectivity index (χ4v) is 2.29. The zero-order chi connectivity index (χ0) is 18.4. The molecular formula is C19H23N3O3. The fraction of sp³-hybridized carbons (Fsp3) is 0.263. The molecule has 0 saturated heterocycles. The van der Waals surface area contributed by atoms with Gasteiger partial charge < -0.3 is 20.7 Å². The summed E-state index contributed by atoms with van der Waals surface area (Å²) in [6.07, 6.45) is 0. The number of nitrogens with one attached hydrogen (secondary N) is 3. The normalized spacial score (nSPS) is 11.4. The number of aryl methyl sites for hydroxylation is 1. The van der Waals surface area contributed by atoms with Gasteiger partial charge in [-0.25, -0.2) is 0 Å². The molecule has 2 aromatic carbocycles. The number of methoxy groups -OCH3 is 1. The molecule has 3 N–H and O–H groups in total. The molecule has 132 valence electrons. The number of ether oxygens (including phenoxy) is 1. The minimum atomic E-state index is -0.497. The van der Waals surface area contributed by atoms with Crippen LogP contribution in [0.2, 0.25) is 0 Å². The van der Waals surface area contributed by atoms with Gasteiger partial charge in [0, 0.05) is 18.3 Å². The first-order chi connectivity index (χ1) is 11.9. The number of hydrogen-bond donors (Lipinski definition) is 3. The van der Waals surface area contributed by atoms with Crippen LogP contribution in [0.3, 0.4) is 0 Å². The molecule has 0 saturated carbocycles. The van der Waals surface area contributed by atoms with Crippen molar-refractivity contribution in [2.45, 2.75) is 26.8 Å². The Kier molecular flexibility index (Phi) is 6.00. The second-order valence-corrected chi connectivity index (χ2v) is 5.82. The fourth-order valence-electron chi connectivity index (χ4n) is 2.29. The highest BCUT2D eigenvalue weighted by molar-refractivity contribution is 5.96. The van der Waals surface area contributed by atoms with Gasteiger partial charge in [0.1, 0.15) is 11.8 Å². The predicted octanol–water partition coefficient (Wildman–Crippen LogP) is 3.40. The van der Waals surface area contributed by atoms with Gasteiger partial charge in [-0.1, -0.05) is 17.7 Å². The van der Waals surface area contributed by atoms with Crippen LogP contribution in [0.15, 0.2) is 42.5 Å². The monoisotopic (exact) mass is 341 g/mol. The molecule has 2 amide bonds. The van der Waals surface area contributed by atoms with E-state index in [1.54, 1.807) is 32.2 Å². The number of carbonyl (C=O) groups is 2. The summed E-state index contributed by atoms with van der Waals surface area (Å²) in [6.45, 7) is 5.19. The molecule has 6 heteroatoms. The van der Waals surface area contributed by atoms with E-state index in [1.165, 1.54) is 6.92 Å². The Balaban J connectivity index is 2.09. The van der Waals surface area contributed by atoms with E-state index < -0.39 is 6.04 Å². The largest absolute Gasteiger partial charge is 0.495 e. The van der Waals surface area contributed by atoms with Crippen molar-refractivity contribution in [1.82, 2.24) is 0 Å². The summed E-state index contributed by atoms with van der Waals surface area (Å²) in [5.41, 5.74) is 3.12. The van der Waals surface area contributed by atoms with E-state index in [-0.39, 0.29) is 11.8 Å². The van der Waals surface area contributed by atoms with Gasteiger partial charge in [0.05, 0.1) is 12.8 Å². The van der Waals surface area contributed by atoms with E-state index in [2.05, 4.69) is 16.0 Å². The van der Waals surface area contributed by atoms with Crippen molar-refractivity contribution in [1.29, 1.82) is 0 Å². The first-order valence-electron chi connectivity index (χ1n) is 7.98. The second kappa shape index (κ2) is 8.19. The van der Waals surface area contributed by atoms with Crippen LogP contribution < -0.4 is 20.7 Å². The summed E-state index contributed by atoms with van der Waals surface area (Å²) in [5, 5.41) is 8.69. The lowest BCUT2D eigenvalue weighted by molar-refractivity contribution is -0.116. The first-order valence-corrected chi connectivity index (χ1v) is 7.98. The molecule has 6 nitrogen and oxygen atoms in total. The average molecular weight is 341 g/mol. The van der Waals surface area contributed by atoms with E-state index in [0.29, 0.717) is 17.1 Å². The van der Waals surface area contributed by atoms with Crippen LogP contribution in [-0.4, -0.2) is 25.0 Å². The molecular weight excluding hydrogens is 318 g/mol. The third kappa shape index (κ3) is 5.24. The molecule has 25 heavy (non-hydrogen) atoms. The summed E-state index contributed by atoms with van der Waals surface area (Å²) >= 11 is 0. The van der Waals surface area contributed by atoms with E-state index in [4.69, 9.17) is 4.74 Å². The molecule has 0 aromatic heterocycles. The van der Waals surface area contributed by atoms with Crippen LogP contribution in [0, 0.1) is 6.92 Å². The molecule has 2 rings (SSSR count). The zero-order valence-corrected chi connectivity index (χ0v) is 14.8. The molecule has 0 fully saturated rings. The molecule has 0 unspecified atom stereocenters. The highest BCUT2D eigenvalue weighted by Gasteiger charge is 2.15. The molecule has 0 aliphatic carbocycles. The van der Waals surface area contributed by atoms with Crippen LogP contribution in [0.5, 0.6) is 5.75 Å². The van der Waals surface area contributed by atoms with Crippen molar-refractivity contribution >= 4 is 28.9 Å². The van der Waals surface area contributed by atoms with E-state index in [0.717, 1.165) is 11.3 Å². The molecule has 0 bridgehead atoms. The Bertz CT molecular complexity index is 757. The van der Waals surface area contributed by atoms with Crippen LogP contribution in [0.1, 0.15) is 19.4 Å². The molecule has 0 aliphatic rings. The number of amides is 2. The van der Waals surface area contributed by atoms with Crippen molar-refractivity contribution in [3.05, 3.63) is 48.0 Å².